The Morgan fingerprint density at radius 3 is 2.22 bits per heavy atom. The molecule has 2 N–H and O–H groups in total. The summed E-state index contributed by atoms with van der Waals surface area (Å²) in [5, 5.41) is 5.62. The standard InChI is InChI=1S/C25H23ClF3N3O4S/c26-19-5-9-21(10-6-19)36-22-11-7-20(8-12-22)32-23(17-3-1-4-18(15-17)25(27,28)29)16-31(24(32)33)13-2-14-37(30,34)35/h1,3-12,15,23H,2,13-14,16H2,(H2,30,34,35)/t23-/m1/s1. The normalized spacial score (nSPS) is 16.4. The quantitative estimate of drug-likeness (QED) is 0.381. The second kappa shape index (κ2) is 10.6. The smallest absolute Gasteiger partial charge is 0.416 e. The number of sulfonamides is 1. The molecule has 12 heteroatoms. The molecule has 0 aromatic heterocycles. The molecular weight excluding hydrogens is 531 g/mol. The molecule has 0 aliphatic carbocycles. The number of alkyl halides is 3. The van der Waals surface area contributed by atoms with E-state index in [1.807, 2.05) is 0 Å². The molecule has 0 saturated carbocycles. The summed E-state index contributed by atoms with van der Waals surface area (Å²) in [6, 6.07) is 17.0. The van der Waals surface area contributed by atoms with E-state index in [-0.39, 0.29) is 25.3 Å². The predicted octanol–water partition coefficient (Wildman–Crippen LogP) is 5.81. The van der Waals surface area contributed by atoms with Crippen LogP contribution in [0.15, 0.2) is 72.8 Å². The Labute approximate surface area is 217 Å². The first-order valence-corrected chi connectivity index (χ1v) is 13.3. The Balaban J connectivity index is 1.61. The maximum absolute atomic E-state index is 13.4. The maximum atomic E-state index is 13.4. The summed E-state index contributed by atoms with van der Waals surface area (Å²) in [7, 11) is -3.72. The zero-order chi connectivity index (χ0) is 26.8. The lowest BCUT2D eigenvalue weighted by Gasteiger charge is -2.24. The van der Waals surface area contributed by atoms with Gasteiger partial charge in [0, 0.05) is 23.8 Å². The van der Waals surface area contributed by atoms with Crippen LogP contribution in [0, 0.1) is 0 Å². The third kappa shape index (κ3) is 6.73. The number of primary sulfonamides is 1. The van der Waals surface area contributed by atoms with Crippen molar-refractivity contribution in [3.05, 3.63) is 88.9 Å². The van der Waals surface area contributed by atoms with E-state index in [0.717, 1.165) is 12.1 Å². The fraction of sp³-hybridized carbons (Fsp3) is 0.240. The maximum Gasteiger partial charge on any atom is 0.416 e. The van der Waals surface area contributed by atoms with E-state index in [0.29, 0.717) is 27.8 Å². The first-order valence-electron chi connectivity index (χ1n) is 11.2. The number of rotatable bonds is 8. The fourth-order valence-electron chi connectivity index (χ4n) is 4.08. The molecule has 0 spiro atoms. The van der Waals surface area contributed by atoms with Gasteiger partial charge in [0.15, 0.2) is 0 Å². The van der Waals surface area contributed by atoms with Crippen LogP contribution in [0.1, 0.15) is 23.6 Å². The number of ether oxygens (including phenoxy) is 1. The highest BCUT2D eigenvalue weighted by Crippen LogP contribution is 2.38. The van der Waals surface area contributed by atoms with Crippen LogP contribution in [0.25, 0.3) is 0 Å². The van der Waals surface area contributed by atoms with Crippen LogP contribution in [0.3, 0.4) is 0 Å². The van der Waals surface area contributed by atoms with Crippen LogP contribution in [-0.2, 0) is 16.2 Å². The molecule has 1 heterocycles. The number of nitrogens with zero attached hydrogens (tertiary/aromatic N) is 2. The molecule has 196 valence electrons. The van der Waals surface area contributed by atoms with Gasteiger partial charge in [-0.05, 0) is 72.6 Å². The highest BCUT2D eigenvalue weighted by Gasteiger charge is 2.40. The lowest BCUT2D eigenvalue weighted by Crippen LogP contribution is -2.33. The summed E-state index contributed by atoms with van der Waals surface area (Å²) in [6.07, 6.45) is -4.44. The Kier molecular flexibility index (Phi) is 7.67. The first kappa shape index (κ1) is 26.8. The van der Waals surface area contributed by atoms with E-state index < -0.39 is 33.8 Å². The number of urea groups is 1. The first-order chi connectivity index (χ1) is 17.4. The Morgan fingerprint density at radius 1 is 1.00 bits per heavy atom. The molecule has 0 bridgehead atoms. The summed E-state index contributed by atoms with van der Waals surface area (Å²) < 4.78 is 68.5. The largest absolute Gasteiger partial charge is 0.457 e. The molecular formula is C25H23ClF3N3O4S. The molecule has 3 aromatic rings. The minimum absolute atomic E-state index is 0.0772. The minimum Gasteiger partial charge on any atom is -0.457 e. The van der Waals surface area contributed by atoms with Crippen LogP contribution in [0.5, 0.6) is 11.5 Å². The lowest BCUT2D eigenvalue weighted by atomic mass is 10.0. The molecule has 1 aliphatic rings. The molecule has 0 unspecified atom stereocenters. The van der Waals surface area contributed by atoms with Gasteiger partial charge in [-0.2, -0.15) is 13.2 Å². The Bertz CT molecular complexity index is 1370. The summed E-state index contributed by atoms with van der Waals surface area (Å²) >= 11 is 5.89. The topological polar surface area (TPSA) is 92.9 Å². The molecule has 7 nitrogen and oxygen atoms in total. The molecule has 1 fully saturated rings. The number of hydrogen-bond acceptors (Lipinski definition) is 4. The minimum atomic E-state index is -4.54. The third-order valence-electron chi connectivity index (χ3n) is 5.80. The van der Waals surface area contributed by atoms with E-state index >= 15 is 0 Å². The summed E-state index contributed by atoms with van der Waals surface area (Å²) in [5.41, 5.74) is -0.0692. The number of hydrogen-bond donors (Lipinski definition) is 1. The van der Waals surface area contributed by atoms with Gasteiger partial charge in [0.25, 0.3) is 0 Å². The van der Waals surface area contributed by atoms with E-state index in [9.17, 15) is 26.4 Å². The molecule has 2 amide bonds. The fourth-order valence-corrected chi connectivity index (χ4v) is 4.74. The second-order valence-electron chi connectivity index (χ2n) is 8.51. The molecule has 1 atom stereocenters. The van der Waals surface area contributed by atoms with Crippen molar-refractivity contribution in [3.63, 3.8) is 0 Å². The summed E-state index contributed by atoms with van der Waals surface area (Å²) in [6.45, 7) is 0.159. The number of halogens is 4. The highest BCUT2D eigenvalue weighted by atomic mass is 35.5. The van der Waals surface area contributed by atoms with Crippen molar-refractivity contribution in [1.82, 2.24) is 4.90 Å². The Hall–Kier alpha value is -3.28. The number of amides is 2. The van der Waals surface area contributed by atoms with Crippen LogP contribution in [0.2, 0.25) is 5.02 Å². The van der Waals surface area contributed by atoms with Crippen molar-refractivity contribution < 1.29 is 31.1 Å². The van der Waals surface area contributed by atoms with E-state index in [1.165, 1.54) is 21.9 Å². The van der Waals surface area contributed by atoms with Crippen molar-refractivity contribution >= 4 is 33.3 Å². The predicted molar refractivity (Wildman–Crippen MR) is 134 cm³/mol. The molecule has 37 heavy (non-hydrogen) atoms. The molecule has 1 saturated heterocycles. The van der Waals surface area contributed by atoms with E-state index in [4.69, 9.17) is 21.5 Å². The number of benzene rings is 3. The zero-order valence-corrected chi connectivity index (χ0v) is 20.9. The average Bonchev–Trinajstić information content (AvgIpc) is 3.16. The van der Waals surface area contributed by atoms with Gasteiger partial charge in [-0.3, -0.25) is 4.90 Å². The zero-order valence-electron chi connectivity index (χ0n) is 19.4. The van der Waals surface area contributed by atoms with Gasteiger partial charge in [-0.1, -0.05) is 23.7 Å². The van der Waals surface area contributed by atoms with E-state index in [2.05, 4.69) is 0 Å². The van der Waals surface area contributed by atoms with Gasteiger partial charge in [-0.25, -0.2) is 18.4 Å². The summed E-state index contributed by atoms with van der Waals surface area (Å²) in [5.74, 6) is 0.720. The van der Waals surface area contributed by atoms with Crippen LogP contribution in [-0.4, -0.2) is 38.2 Å². The number of nitrogens with two attached hydrogens (primary N) is 1. The number of carbonyl (C=O) groups excluding carboxylic acids is 1. The van der Waals surface area contributed by atoms with Gasteiger partial charge in [0.2, 0.25) is 10.0 Å². The van der Waals surface area contributed by atoms with Crippen molar-refractivity contribution in [1.29, 1.82) is 0 Å². The van der Waals surface area contributed by atoms with Crippen molar-refractivity contribution in [2.75, 3.05) is 23.7 Å². The molecule has 3 aromatic carbocycles. The van der Waals surface area contributed by atoms with Crippen LogP contribution in [0.4, 0.5) is 23.7 Å². The molecule has 0 radical (unpaired) electrons. The lowest BCUT2D eigenvalue weighted by molar-refractivity contribution is -0.137. The van der Waals surface area contributed by atoms with Crippen molar-refractivity contribution in [3.8, 4) is 11.5 Å². The number of carbonyl (C=O) groups is 1. The van der Waals surface area contributed by atoms with Gasteiger partial charge in [0.05, 0.1) is 17.4 Å². The van der Waals surface area contributed by atoms with Gasteiger partial charge in [0.1, 0.15) is 11.5 Å². The van der Waals surface area contributed by atoms with Crippen molar-refractivity contribution in [2.24, 2.45) is 5.14 Å². The average molecular weight is 554 g/mol. The van der Waals surface area contributed by atoms with E-state index in [1.54, 1.807) is 48.5 Å². The SMILES string of the molecule is NS(=O)(=O)CCCN1C[C@H](c2cccc(C(F)(F)F)c2)N(c2ccc(Oc3ccc(Cl)cc3)cc2)C1=O. The van der Waals surface area contributed by atoms with Gasteiger partial charge in [-0.15, -0.1) is 0 Å². The van der Waals surface area contributed by atoms with Crippen LogP contribution < -0.4 is 14.8 Å². The van der Waals surface area contributed by atoms with Crippen LogP contribution >= 0.6 is 11.6 Å². The second-order valence-corrected chi connectivity index (χ2v) is 10.7. The van der Waals surface area contributed by atoms with Gasteiger partial charge >= 0.3 is 12.2 Å². The molecule has 4 rings (SSSR count). The van der Waals surface area contributed by atoms with Crippen molar-refractivity contribution in [2.45, 2.75) is 18.6 Å². The summed E-state index contributed by atoms with van der Waals surface area (Å²) in [4.78, 5) is 16.2. The Morgan fingerprint density at radius 2 is 1.62 bits per heavy atom. The number of anilines is 1. The monoisotopic (exact) mass is 553 g/mol. The van der Waals surface area contributed by atoms with Gasteiger partial charge < -0.3 is 9.64 Å². The highest BCUT2D eigenvalue weighted by molar-refractivity contribution is 7.89. The molecule has 1 aliphatic heterocycles. The third-order valence-corrected chi connectivity index (χ3v) is 6.91.